The molecule has 0 spiro atoms. The maximum atomic E-state index is 2.68. The molecule has 2 heteroatoms. The molecule has 3 fully saturated rings. The minimum atomic E-state index is 0.320. The van der Waals surface area contributed by atoms with Crippen LogP contribution in [0, 0.1) is 29.6 Å². The Labute approximate surface area is 221 Å². The van der Waals surface area contributed by atoms with Gasteiger partial charge in [0.25, 0.3) is 0 Å². The summed E-state index contributed by atoms with van der Waals surface area (Å²) in [6, 6.07) is 0. The zero-order valence-corrected chi connectivity index (χ0v) is 26.0. The average molecular weight is 489 g/mol. The fourth-order valence-electron chi connectivity index (χ4n) is 9.10. The van der Waals surface area contributed by atoms with E-state index in [2.05, 4.69) is 86.2 Å². The van der Waals surface area contributed by atoms with Gasteiger partial charge in [0.2, 0.25) is 0 Å². The topological polar surface area (TPSA) is 6.48 Å². The number of hydrogen-bond acceptors (Lipinski definition) is 2. The highest BCUT2D eigenvalue weighted by atomic mass is 15.2. The first-order valence-electron chi connectivity index (χ1n) is 15.6. The first-order chi connectivity index (χ1) is 16.1. The molecule has 0 radical (unpaired) electrons. The summed E-state index contributed by atoms with van der Waals surface area (Å²) in [5, 5.41) is 0. The van der Waals surface area contributed by atoms with Crippen LogP contribution in [0.15, 0.2) is 0 Å². The fourth-order valence-corrected chi connectivity index (χ4v) is 9.10. The molecule has 2 nitrogen and oxygen atoms in total. The lowest BCUT2D eigenvalue weighted by Gasteiger charge is -2.54. The molecule has 1 aliphatic carbocycles. The van der Waals surface area contributed by atoms with Crippen LogP contribution in [0.5, 0.6) is 0 Å². The van der Waals surface area contributed by atoms with E-state index >= 15 is 0 Å². The van der Waals surface area contributed by atoms with E-state index in [0.717, 1.165) is 29.6 Å². The molecule has 2 heterocycles. The maximum absolute atomic E-state index is 2.68. The van der Waals surface area contributed by atoms with Crippen LogP contribution in [0.2, 0.25) is 0 Å². The largest absolute Gasteiger partial charge is 0.296 e. The molecule has 0 amide bonds. The van der Waals surface area contributed by atoms with Gasteiger partial charge in [0.05, 0.1) is 0 Å². The minimum Gasteiger partial charge on any atom is -0.296 e. The summed E-state index contributed by atoms with van der Waals surface area (Å²) in [5.41, 5.74) is 1.28. The average Bonchev–Trinajstić information content (AvgIpc) is 3.40. The number of unbranched alkanes of at least 4 members (excludes halogenated alkanes) is 6. The van der Waals surface area contributed by atoms with Crippen molar-refractivity contribution < 1.29 is 0 Å². The van der Waals surface area contributed by atoms with Crippen molar-refractivity contribution in [1.82, 2.24) is 9.80 Å². The van der Waals surface area contributed by atoms with Crippen LogP contribution in [-0.4, -0.2) is 46.1 Å². The van der Waals surface area contributed by atoms with Crippen LogP contribution < -0.4 is 0 Å². The molecule has 3 aliphatic rings. The lowest BCUT2D eigenvalue weighted by Crippen LogP contribution is -2.59. The van der Waals surface area contributed by atoms with Gasteiger partial charge in [-0.05, 0) is 138 Å². The smallest absolute Gasteiger partial charge is 0.0158 e. The van der Waals surface area contributed by atoms with E-state index in [9.17, 15) is 0 Å². The van der Waals surface area contributed by atoms with Gasteiger partial charge in [0, 0.05) is 22.2 Å². The third-order valence-corrected chi connectivity index (χ3v) is 11.4. The summed E-state index contributed by atoms with van der Waals surface area (Å²) in [5.74, 6) is 4.82. The predicted octanol–water partition coefficient (Wildman–Crippen LogP) is 9.18. The highest BCUT2D eigenvalue weighted by molar-refractivity contribution is 5.09. The third kappa shape index (κ3) is 6.87. The molecule has 0 aromatic rings. The van der Waals surface area contributed by atoms with Gasteiger partial charge in [-0.2, -0.15) is 0 Å². The molecule has 3 unspecified atom stereocenters. The van der Waals surface area contributed by atoms with Gasteiger partial charge in [-0.1, -0.05) is 51.9 Å². The number of piperidine rings is 2. The van der Waals surface area contributed by atoms with E-state index in [4.69, 9.17) is 0 Å². The maximum Gasteiger partial charge on any atom is 0.0158 e. The highest BCUT2D eigenvalue weighted by Crippen LogP contribution is 2.62. The Morgan fingerprint density at radius 2 is 1.00 bits per heavy atom. The number of likely N-dealkylation sites (tertiary alicyclic amines) is 2. The summed E-state index contributed by atoms with van der Waals surface area (Å²) < 4.78 is 0. The van der Waals surface area contributed by atoms with Crippen LogP contribution in [0.25, 0.3) is 0 Å². The zero-order valence-electron chi connectivity index (χ0n) is 26.0. The number of hydrogen-bond donors (Lipinski definition) is 0. The minimum absolute atomic E-state index is 0.320. The van der Waals surface area contributed by atoms with Crippen molar-refractivity contribution in [1.29, 1.82) is 0 Å². The monoisotopic (exact) mass is 489 g/mol. The van der Waals surface area contributed by atoms with E-state index in [1.807, 2.05) is 0 Å². The molecule has 3 atom stereocenters. The summed E-state index contributed by atoms with van der Waals surface area (Å²) >= 11 is 0. The van der Waals surface area contributed by atoms with Crippen molar-refractivity contribution in [3.05, 3.63) is 0 Å². The molecule has 1 saturated carbocycles. The first-order valence-corrected chi connectivity index (χ1v) is 15.6. The Morgan fingerprint density at radius 3 is 1.49 bits per heavy atom. The van der Waals surface area contributed by atoms with Gasteiger partial charge in [-0.15, -0.1) is 0 Å². The molecule has 0 aromatic heterocycles. The molecule has 2 aliphatic heterocycles. The van der Waals surface area contributed by atoms with Gasteiger partial charge in [-0.25, -0.2) is 0 Å². The van der Waals surface area contributed by atoms with Gasteiger partial charge in [0.1, 0.15) is 0 Å². The summed E-state index contributed by atoms with van der Waals surface area (Å²) in [4.78, 5) is 5.35. The number of rotatable bonds is 11. The molecule has 206 valence electrons. The third-order valence-electron chi connectivity index (χ3n) is 11.4. The van der Waals surface area contributed by atoms with Crippen molar-refractivity contribution >= 4 is 0 Å². The second-order valence-electron chi connectivity index (χ2n) is 15.9. The van der Waals surface area contributed by atoms with Crippen molar-refractivity contribution in [2.24, 2.45) is 29.6 Å². The SMILES string of the molecule is CCCCCCCCCC1C(CC2CC(C)(C)N(C)C(C)(C)C2)C1C1CC(C)(C)N(C)C(C)(C)C1. The summed E-state index contributed by atoms with van der Waals surface area (Å²) in [7, 11) is 4.74. The van der Waals surface area contributed by atoms with Crippen molar-refractivity contribution in [2.45, 2.75) is 168 Å². The fraction of sp³-hybridized carbons (Fsp3) is 1.00. The van der Waals surface area contributed by atoms with Gasteiger partial charge < -0.3 is 0 Å². The summed E-state index contributed by atoms with van der Waals surface area (Å²) in [6.45, 7) is 22.3. The summed E-state index contributed by atoms with van der Waals surface area (Å²) in [6.07, 6.45) is 18.7. The van der Waals surface area contributed by atoms with Crippen LogP contribution in [0.3, 0.4) is 0 Å². The normalized spacial score (nSPS) is 33.2. The standard InChI is InChI=1S/C33H64N2/c1-12-13-14-15-16-17-18-19-27-28(20-25-21-30(2,3)34(10)31(4,5)22-25)29(27)26-23-32(6,7)35(11)33(8,9)24-26/h25-29H,12-24H2,1-11H3. The lowest BCUT2D eigenvalue weighted by atomic mass is 9.70. The molecule has 2 saturated heterocycles. The Kier molecular flexibility index (Phi) is 9.23. The molecule has 0 aromatic carbocycles. The Bertz CT molecular complexity index is 639. The lowest BCUT2D eigenvalue weighted by molar-refractivity contribution is -0.0406. The predicted molar refractivity (Wildman–Crippen MR) is 155 cm³/mol. The van der Waals surface area contributed by atoms with Crippen LogP contribution in [0.1, 0.15) is 146 Å². The van der Waals surface area contributed by atoms with E-state index in [1.54, 1.807) is 0 Å². The highest BCUT2D eigenvalue weighted by Gasteiger charge is 2.58. The van der Waals surface area contributed by atoms with Gasteiger partial charge in [-0.3, -0.25) is 9.80 Å². The van der Waals surface area contributed by atoms with Crippen molar-refractivity contribution in [3.63, 3.8) is 0 Å². The quantitative estimate of drug-likeness (QED) is 0.267. The first kappa shape index (κ1) is 29.5. The Morgan fingerprint density at radius 1 is 0.571 bits per heavy atom. The van der Waals surface area contributed by atoms with E-state index in [-0.39, 0.29) is 0 Å². The Hall–Kier alpha value is -0.0800. The molecule has 3 rings (SSSR count). The molecular formula is C33H64N2. The zero-order chi connectivity index (χ0) is 26.2. The van der Waals surface area contributed by atoms with E-state index in [0.29, 0.717) is 22.2 Å². The van der Waals surface area contributed by atoms with Crippen molar-refractivity contribution in [2.75, 3.05) is 14.1 Å². The Balaban J connectivity index is 1.66. The molecule has 0 bridgehead atoms. The molecule has 0 N–H and O–H groups in total. The molecular weight excluding hydrogens is 424 g/mol. The van der Waals surface area contributed by atoms with Gasteiger partial charge >= 0.3 is 0 Å². The second kappa shape index (κ2) is 11.0. The van der Waals surface area contributed by atoms with Crippen LogP contribution in [-0.2, 0) is 0 Å². The molecule has 35 heavy (non-hydrogen) atoms. The second-order valence-corrected chi connectivity index (χ2v) is 15.9. The van der Waals surface area contributed by atoms with Gasteiger partial charge in [0.15, 0.2) is 0 Å². The van der Waals surface area contributed by atoms with E-state index in [1.165, 1.54) is 83.5 Å². The van der Waals surface area contributed by atoms with Crippen LogP contribution >= 0.6 is 0 Å². The number of nitrogens with zero attached hydrogens (tertiary/aromatic N) is 2. The van der Waals surface area contributed by atoms with Crippen molar-refractivity contribution in [3.8, 4) is 0 Å². The van der Waals surface area contributed by atoms with Crippen LogP contribution in [0.4, 0.5) is 0 Å². The van der Waals surface area contributed by atoms with E-state index < -0.39 is 0 Å².